The first-order valence-corrected chi connectivity index (χ1v) is 13.6. The average Bonchev–Trinajstić information content (AvgIpc) is 3.60. The summed E-state index contributed by atoms with van der Waals surface area (Å²) in [5.74, 6) is 1.28. The number of hydrogen-bond donors (Lipinski definition) is 2. The second-order valence-corrected chi connectivity index (χ2v) is 9.86. The Labute approximate surface area is 242 Å². The number of amides is 1. The van der Waals surface area contributed by atoms with Crippen LogP contribution in [0.4, 0.5) is 11.4 Å². The Hall–Kier alpha value is -4.77. The van der Waals surface area contributed by atoms with Gasteiger partial charge >= 0.3 is 0 Å². The Morgan fingerprint density at radius 3 is 2.71 bits per heavy atom. The van der Waals surface area contributed by atoms with Crippen molar-refractivity contribution in [3.05, 3.63) is 106 Å². The Morgan fingerprint density at radius 2 is 1.98 bits per heavy atom. The van der Waals surface area contributed by atoms with E-state index in [9.17, 15) is 14.9 Å². The lowest BCUT2D eigenvalue weighted by atomic mass is 10.0. The molecule has 1 fully saturated rings. The van der Waals surface area contributed by atoms with Crippen LogP contribution < -0.4 is 15.4 Å². The molecule has 0 saturated carbocycles. The highest BCUT2D eigenvalue weighted by Gasteiger charge is 2.41. The molecule has 11 heteroatoms. The Bertz CT molecular complexity index is 1570. The molecule has 41 heavy (non-hydrogen) atoms. The van der Waals surface area contributed by atoms with E-state index in [0.717, 1.165) is 23.4 Å². The highest BCUT2D eigenvalue weighted by molar-refractivity contribution is 7.80. The number of carbonyl (C=O) groups excluding carboxylic acids is 1. The van der Waals surface area contributed by atoms with Gasteiger partial charge < -0.3 is 24.7 Å². The number of aromatic nitrogens is 1. The van der Waals surface area contributed by atoms with Crippen LogP contribution in [0.1, 0.15) is 42.4 Å². The SMILES string of the molecule is CCc1ccccc1NC(=O)CCN1C(=S)N[C@@H](c2ccccn2)[C@@H]1c1ccc(-c2ccc([N+](=O)[O-])cc2OC)o1. The van der Waals surface area contributed by atoms with Crippen molar-refractivity contribution in [3.63, 3.8) is 0 Å². The van der Waals surface area contributed by atoms with Gasteiger partial charge in [0.05, 0.1) is 35.4 Å². The first kappa shape index (κ1) is 27.8. The predicted molar refractivity (Wildman–Crippen MR) is 159 cm³/mol. The second kappa shape index (κ2) is 12.2. The first-order valence-electron chi connectivity index (χ1n) is 13.2. The number of carbonyl (C=O) groups is 1. The van der Waals surface area contributed by atoms with E-state index in [-0.39, 0.29) is 24.1 Å². The van der Waals surface area contributed by atoms with Crippen LogP contribution in [-0.4, -0.2) is 39.5 Å². The summed E-state index contributed by atoms with van der Waals surface area (Å²) in [6, 6.07) is 20.7. The Kier molecular flexibility index (Phi) is 8.25. The maximum atomic E-state index is 13.0. The highest BCUT2D eigenvalue weighted by atomic mass is 32.1. The average molecular weight is 572 g/mol. The quantitative estimate of drug-likeness (QED) is 0.138. The normalized spacial score (nSPS) is 16.3. The summed E-state index contributed by atoms with van der Waals surface area (Å²) >= 11 is 5.72. The van der Waals surface area contributed by atoms with Crippen molar-refractivity contribution in [1.29, 1.82) is 0 Å². The maximum absolute atomic E-state index is 13.0. The number of nitrogens with zero attached hydrogens (tertiary/aromatic N) is 3. The molecule has 2 aromatic carbocycles. The lowest BCUT2D eigenvalue weighted by molar-refractivity contribution is -0.384. The smallest absolute Gasteiger partial charge is 0.273 e. The number of methoxy groups -OCH3 is 1. The summed E-state index contributed by atoms with van der Waals surface area (Å²) in [5.41, 5.74) is 3.14. The molecule has 0 unspecified atom stereocenters. The van der Waals surface area contributed by atoms with Gasteiger partial charge in [0.1, 0.15) is 23.3 Å². The molecule has 5 rings (SSSR count). The molecule has 1 aliphatic heterocycles. The van der Waals surface area contributed by atoms with Gasteiger partial charge in [0.25, 0.3) is 5.69 Å². The number of non-ortho nitro benzene ring substituents is 1. The fraction of sp³-hybridized carbons (Fsp3) is 0.233. The number of benzene rings is 2. The predicted octanol–water partition coefficient (Wildman–Crippen LogP) is 5.82. The fourth-order valence-corrected chi connectivity index (χ4v) is 5.33. The lowest BCUT2D eigenvalue weighted by Crippen LogP contribution is -2.32. The molecule has 3 heterocycles. The van der Waals surface area contributed by atoms with Gasteiger partial charge in [-0.25, -0.2) is 0 Å². The number of nitro groups is 1. The van der Waals surface area contributed by atoms with E-state index in [2.05, 4.69) is 15.6 Å². The van der Waals surface area contributed by atoms with Crippen molar-refractivity contribution in [2.75, 3.05) is 19.0 Å². The number of anilines is 1. The number of hydrogen-bond acceptors (Lipinski definition) is 7. The van der Waals surface area contributed by atoms with Gasteiger partial charge in [0, 0.05) is 30.9 Å². The van der Waals surface area contributed by atoms with Gasteiger partial charge in [-0.1, -0.05) is 31.2 Å². The van der Waals surface area contributed by atoms with Crippen LogP contribution in [0, 0.1) is 10.1 Å². The van der Waals surface area contributed by atoms with Gasteiger partial charge in [-0.2, -0.15) is 0 Å². The first-order chi connectivity index (χ1) is 19.9. The molecular formula is C30H29N5O5S. The number of nitrogens with one attached hydrogen (secondary N) is 2. The third-order valence-corrected chi connectivity index (χ3v) is 7.38. The standard InChI is InChI=1S/C30H29N5O5S/c1-3-19-8-4-5-9-22(19)32-27(36)15-17-34-29(28(33-30(34)41)23-10-6-7-16-31-23)25-14-13-24(40-25)21-12-11-20(35(37)38)18-26(21)39-2/h4-14,16,18,28-29H,3,15,17H2,1-2H3,(H,32,36)(H,33,41)/t28-,29-/m0/s1. The number of furan rings is 1. The zero-order chi connectivity index (χ0) is 28.9. The molecule has 0 aliphatic carbocycles. The largest absolute Gasteiger partial charge is 0.496 e. The van der Waals surface area contributed by atoms with Crippen molar-refractivity contribution in [2.45, 2.75) is 31.8 Å². The maximum Gasteiger partial charge on any atom is 0.273 e. The van der Waals surface area contributed by atoms with Gasteiger partial charge in [-0.15, -0.1) is 0 Å². The number of ether oxygens (including phenoxy) is 1. The van der Waals surface area contributed by atoms with E-state index >= 15 is 0 Å². The number of rotatable bonds is 10. The van der Waals surface area contributed by atoms with Gasteiger partial charge in [-0.05, 0) is 60.6 Å². The molecule has 2 aromatic heterocycles. The number of thiocarbonyl (C=S) groups is 1. The van der Waals surface area contributed by atoms with Crippen LogP contribution in [-0.2, 0) is 11.2 Å². The number of nitro benzene ring substituents is 1. The molecule has 1 aliphatic rings. The number of pyridine rings is 1. The minimum absolute atomic E-state index is 0.0797. The molecular weight excluding hydrogens is 542 g/mol. The van der Waals surface area contributed by atoms with E-state index in [1.54, 1.807) is 18.3 Å². The van der Waals surface area contributed by atoms with Crippen molar-refractivity contribution in [1.82, 2.24) is 15.2 Å². The molecule has 1 saturated heterocycles. The van der Waals surface area contributed by atoms with Crippen LogP contribution in [0.2, 0.25) is 0 Å². The summed E-state index contributed by atoms with van der Waals surface area (Å²) in [4.78, 5) is 30.2. The van der Waals surface area contributed by atoms with Crippen LogP contribution in [0.5, 0.6) is 5.75 Å². The molecule has 0 bridgehead atoms. The molecule has 210 valence electrons. The molecule has 1 amide bonds. The van der Waals surface area contributed by atoms with Crippen molar-refractivity contribution >= 4 is 34.6 Å². The monoisotopic (exact) mass is 571 g/mol. The summed E-state index contributed by atoms with van der Waals surface area (Å²) in [6.07, 6.45) is 2.73. The van der Waals surface area contributed by atoms with E-state index in [4.69, 9.17) is 21.4 Å². The van der Waals surface area contributed by atoms with Crippen LogP contribution in [0.3, 0.4) is 0 Å². The number of aryl methyl sites for hydroxylation is 1. The van der Waals surface area contributed by atoms with E-state index < -0.39 is 11.0 Å². The van der Waals surface area contributed by atoms with Gasteiger partial charge in [0.15, 0.2) is 5.11 Å². The van der Waals surface area contributed by atoms with Crippen molar-refractivity contribution < 1.29 is 18.9 Å². The molecule has 2 N–H and O–H groups in total. The Balaban J connectivity index is 1.43. The third-order valence-electron chi connectivity index (χ3n) is 7.03. The summed E-state index contributed by atoms with van der Waals surface area (Å²) in [5, 5.41) is 18.1. The minimum atomic E-state index is -0.475. The van der Waals surface area contributed by atoms with E-state index in [1.807, 2.05) is 60.4 Å². The molecule has 4 aromatic rings. The van der Waals surface area contributed by atoms with Crippen LogP contribution in [0.25, 0.3) is 11.3 Å². The molecule has 2 atom stereocenters. The van der Waals surface area contributed by atoms with Crippen LogP contribution >= 0.6 is 12.2 Å². The molecule has 0 spiro atoms. The minimum Gasteiger partial charge on any atom is -0.496 e. The van der Waals surface area contributed by atoms with E-state index in [0.29, 0.717) is 34.5 Å². The van der Waals surface area contributed by atoms with Crippen LogP contribution in [0.15, 0.2) is 83.4 Å². The molecule has 10 nitrogen and oxygen atoms in total. The van der Waals surface area contributed by atoms with Crippen molar-refractivity contribution in [2.24, 2.45) is 0 Å². The molecule has 0 radical (unpaired) electrons. The summed E-state index contributed by atoms with van der Waals surface area (Å²) < 4.78 is 11.8. The fourth-order valence-electron chi connectivity index (χ4n) is 4.99. The van der Waals surface area contributed by atoms with Crippen molar-refractivity contribution in [3.8, 4) is 17.1 Å². The summed E-state index contributed by atoms with van der Waals surface area (Å²) in [6.45, 7) is 2.39. The zero-order valence-electron chi connectivity index (χ0n) is 22.6. The van der Waals surface area contributed by atoms with Gasteiger partial charge in [0.2, 0.25) is 5.91 Å². The second-order valence-electron chi connectivity index (χ2n) is 9.47. The summed E-state index contributed by atoms with van der Waals surface area (Å²) in [7, 11) is 1.45. The van der Waals surface area contributed by atoms with Gasteiger partial charge in [-0.3, -0.25) is 19.9 Å². The number of para-hydroxylation sites is 1. The third kappa shape index (κ3) is 5.90. The van der Waals surface area contributed by atoms with E-state index in [1.165, 1.54) is 19.2 Å². The lowest BCUT2D eigenvalue weighted by Gasteiger charge is -2.26. The highest BCUT2D eigenvalue weighted by Crippen LogP contribution is 2.42. The zero-order valence-corrected chi connectivity index (χ0v) is 23.4. The topological polar surface area (TPSA) is 123 Å². The Morgan fingerprint density at radius 1 is 1.17 bits per heavy atom.